The van der Waals surface area contributed by atoms with Crippen LogP contribution in [0.25, 0.3) is 0 Å². The Labute approximate surface area is 72.7 Å². The lowest BCUT2D eigenvalue weighted by molar-refractivity contribution is -0.138. The number of nitrogens with two attached hydrogens (primary N) is 1. The molecule has 0 heterocycles. The summed E-state index contributed by atoms with van der Waals surface area (Å²) in [6, 6.07) is -0.415. The van der Waals surface area contributed by atoms with E-state index in [4.69, 9.17) is 15.6 Å². The predicted molar refractivity (Wildman–Crippen MR) is 45.9 cm³/mol. The van der Waals surface area contributed by atoms with Crippen LogP contribution in [0.4, 0.5) is 0 Å². The van der Waals surface area contributed by atoms with E-state index >= 15 is 0 Å². The van der Waals surface area contributed by atoms with Gasteiger partial charge in [0.1, 0.15) is 0 Å². The number of carboxylic acids is 1. The highest BCUT2D eigenvalue weighted by molar-refractivity contribution is 5.67. The molecule has 4 nitrogen and oxygen atoms in total. The highest BCUT2D eigenvalue weighted by Gasteiger charge is 2.14. The summed E-state index contributed by atoms with van der Waals surface area (Å²) >= 11 is 0. The lowest BCUT2D eigenvalue weighted by Crippen LogP contribution is -2.33. The fourth-order valence-corrected chi connectivity index (χ4v) is 0.640. The van der Waals surface area contributed by atoms with Crippen molar-refractivity contribution >= 4 is 5.97 Å². The van der Waals surface area contributed by atoms with Crippen LogP contribution in [0.3, 0.4) is 0 Å². The van der Waals surface area contributed by atoms with E-state index in [0.717, 1.165) is 0 Å². The number of hydrogen-bond acceptors (Lipinski definition) is 3. The smallest absolute Gasteiger partial charge is 0.305 e. The molecule has 0 saturated heterocycles. The number of ether oxygens (including phenoxy) is 1. The lowest BCUT2D eigenvalue weighted by atomic mass is 10.2. The summed E-state index contributed by atoms with van der Waals surface area (Å²) in [5, 5.41) is 8.38. The highest BCUT2D eigenvalue weighted by Crippen LogP contribution is 2.07. The van der Waals surface area contributed by atoms with Gasteiger partial charge in [0.2, 0.25) is 0 Å². The van der Waals surface area contributed by atoms with E-state index in [1.54, 1.807) is 0 Å². The van der Waals surface area contributed by atoms with Gasteiger partial charge in [-0.1, -0.05) is 0 Å². The molecule has 0 radical (unpaired) electrons. The van der Waals surface area contributed by atoms with Gasteiger partial charge < -0.3 is 15.6 Å². The molecule has 0 fully saturated rings. The zero-order valence-electron chi connectivity index (χ0n) is 7.83. The summed E-state index contributed by atoms with van der Waals surface area (Å²) in [6.45, 7) is 6.00. The molecule has 12 heavy (non-hydrogen) atoms. The average Bonchev–Trinajstić information content (AvgIpc) is 1.80. The summed E-state index contributed by atoms with van der Waals surface area (Å²) in [6.07, 6.45) is -0.0456. The maximum absolute atomic E-state index is 10.2. The summed E-state index contributed by atoms with van der Waals surface area (Å²) in [4.78, 5) is 10.2. The van der Waals surface area contributed by atoms with Gasteiger partial charge in [-0.15, -0.1) is 0 Å². The fraction of sp³-hybridized carbons (Fsp3) is 0.875. The summed E-state index contributed by atoms with van der Waals surface area (Å²) in [5.74, 6) is -0.889. The van der Waals surface area contributed by atoms with E-state index in [-0.39, 0.29) is 18.6 Å². The molecule has 0 saturated carbocycles. The lowest BCUT2D eigenvalue weighted by Gasteiger charge is -2.21. The van der Waals surface area contributed by atoms with Gasteiger partial charge >= 0.3 is 5.97 Å². The zero-order chi connectivity index (χ0) is 9.78. The van der Waals surface area contributed by atoms with Gasteiger partial charge in [-0.2, -0.15) is 0 Å². The molecule has 0 aliphatic heterocycles. The van der Waals surface area contributed by atoms with Crippen molar-refractivity contribution < 1.29 is 14.6 Å². The van der Waals surface area contributed by atoms with Crippen LogP contribution in [0.5, 0.6) is 0 Å². The second kappa shape index (κ2) is 4.42. The topological polar surface area (TPSA) is 72.5 Å². The molecule has 0 spiro atoms. The molecule has 0 aliphatic rings. The highest BCUT2D eigenvalue weighted by atomic mass is 16.5. The molecule has 4 heteroatoms. The first-order valence-electron chi connectivity index (χ1n) is 3.92. The second-order valence-corrected chi connectivity index (χ2v) is 3.78. The quantitative estimate of drug-likeness (QED) is 0.656. The maximum Gasteiger partial charge on any atom is 0.305 e. The van der Waals surface area contributed by atoms with Gasteiger partial charge in [0.25, 0.3) is 0 Å². The first kappa shape index (κ1) is 11.4. The normalized spacial score (nSPS) is 14.3. The molecule has 0 bridgehead atoms. The Morgan fingerprint density at radius 2 is 2.08 bits per heavy atom. The molecule has 1 atom stereocenters. The van der Waals surface area contributed by atoms with Gasteiger partial charge in [0, 0.05) is 6.04 Å². The van der Waals surface area contributed by atoms with Gasteiger partial charge in [-0.25, -0.2) is 0 Å². The maximum atomic E-state index is 10.2. The van der Waals surface area contributed by atoms with Crippen LogP contribution >= 0.6 is 0 Å². The molecule has 72 valence electrons. The van der Waals surface area contributed by atoms with E-state index in [0.29, 0.717) is 0 Å². The van der Waals surface area contributed by atoms with E-state index < -0.39 is 12.0 Å². The van der Waals surface area contributed by atoms with Crippen LogP contribution in [0.2, 0.25) is 0 Å². The van der Waals surface area contributed by atoms with Crippen LogP contribution in [0, 0.1) is 0 Å². The molecule has 0 rings (SSSR count). The van der Waals surface area contributed by atoms with Gasteiger partial charge in [0.05, 0.1) is 18.6 Å². The molecule has 0 unspecified atom stereocenters. The Morgan fingerprint density at radius 1 is 1.58 bits per heavy atom. The minimum absolute atomic E-state index is 0.0456. The molecule has 0 aromatic rings. The van der Waals surface area contributed by atoms with E-state index in [1.165, 1.54) is 0 Å². The van der Waals surface area contributed by atoms with Crippen molar-refractivity contribution in [1.82, 2.24) is 0 Å². The third kappa shape index (κ3) is 7.50. The average molecular weight is 175 g/mol. The number of carbonyl (C=O) groups is 1. The SMILES string of the molecule is CC(C)(C)OC[C@@H](N)CC(=O)O. The van der Waals surface area contributed by atoms with Crippen LogP contribution in [0.15, 0.2) is 0 Å². The molecular formula is C8H17NO3. The van der Waals surface area contributed by atoms with Crippen molar-refractivity contribution in [3.05, 3.63) is 0 Å². The minimum atomic E-state index is -0.889. The predicted octanol–water partition coefficient (Wildman–Crippen LogP) is 0.603. The minimum Gasteiger partial charge on any atom is -0.481 e. The van der Waals surface area contributed by atoms with Crippen LogP contribution < -0.4 is 5.73 Å². The van der Waals surface area contributed by atoms with Crippen molar-refractivity contribution in [3.63, 3.8) is 0 Å². The van der Waals surface area contributed by atoms with Gasteiger partial charge in [-0.3, -0.25) is 4.79 Å². The Kier molecular flexibility index (Phi) is 4.20. The third-order valence-corrected chi connectivity index (χ3v) is 1.17. The van der Waals surface area contributed by atoms with Crippen molar-refractivity contribution in [2.75, 3.05) is 6.61 Å². The zero-order valence-corrected chi connectivity index (χ0v) is 7.83. The second-order valence-electron chi connectivity index (χ2n) is 3.78. The fourth-order valence-electron chi connectivity index (χ4n) is 0.640. The monoisotopic (exact) mass is 175 g/mol. The van der Waals surface area contributed by atoms with Crippen molar-refractivity contribution in [2.24, 2.45) is 5.73 Å². The third-order valence-electron chi connectivity index (χ3n) is 1.17. The molecule has 0 aromatic heterocycles. The van der Waals surface area contributed by atoms with Gasteiger partial charge in [0.15, 0.2) is 0 Å². The van der Waals surface area contributed by atoms with Crippen LogP contribution in [0.1, 0.15) is 27.2 Å². The van der Waals surface area contributed by atoms with Gasteiger partial charge in [-0.05, 0) is 20.8 Å². The first-order chi connectivity index (χ1) is 5.31. The Morgan fingerprint density at radius 3 is 2.42 bits per heavy atom. The van der Waals surface area contributed by atoms with Crippen molar-refractivity contribution in [2.45, 2.75) is 38.8 Å². The van der Waals surface area contributed by atoms with Crippen LogP contribution in [-0.4, -0.2) is 29.3 Å². The van der Waals surface area contributed by atoms with Crippen molar-refractivity contribution in [3.8, 4) is 0 Å². The number of rotatable bonds is 4. The molecule has 3 N–H and O–H groups in total. The number of carboxylic acid groups (broad SMARTS) is 1. The molecule has 0 aromatic carbocycles. The van der Waals surface area contributed by atoms with E-state index in [2.05, 4.69) is 0 Å². The summed E-state index contributed by atoms with van der Waals surface area (Å²) in [7, 11) is 0. The summed E-state index contributed by atoms with van der Waals surface area (Å²) < 4.78 is 5.30. The van der Waals surface area contributed by atoms with Crippen molar-refractivity contribution in [1.29, 1.82) is 0 Å². The number of hydrogen-bond donors (Lipinski definition) is 2. The molecular weight excluding hydrogens is 158 g/mol. The Bertz CT molecular complexity index is 151. The standard InChI is InChI=1S/C8H17NO3/c1-8(2,3)12-5-6(9)4-7(10)11/h6H,4-5,9H2,1-3H3,(H,10,11)/t6-/m0/s1. The number of aliphatic carboxylic acids is 1. The van der Waals surface area contributed by atoms with E-state index in [9.17, 15) is 4.79 Å². The Balaban J connectivity index is 3.57. The summed E-state index contributed by atoms with van der Waals surface area (Å²) in [5.41, 5.74) is 5.22. The van der Waals surface area contributed by atoms with Crippen LogP contribution in [-0.2, 0) is 9.53 Å². The van der Waals surface area contributed by atoms with E-state index in [1.807, 2.05) is 20.8 Å². The molecule has 0 amide bonds. The first-order valence-corrected chi connectivity index (χ1v) is 3.92. The molecule has 0 aliphatic carbocycles. The Hall–Kier alpha value is -0.610. The largest absolute Gasteiger partial charge is 0.481 e.